The van der Waals surface area contributed by atoms with Gasteiger partial charge in [0.15, 0.2) is 0 Å². The van der Waals surface area contributed by atoms with Gasteiger partial charge in [0.25, 0.3) is 0 Å². The number of carboxylic acids is 1. The molecule has 0 bridgehead atoms. The molecule has 0 saturated heterocycles. The van der Waals surface area contributed by atoms with Gasteiger partial charge in [-0.15, -0.1) is 0 Å². The van der Waals surface area contributed by atoms with E-state index in [1.54, 1.807) is 0 Å². The Morgan fingerprint density at radius 1 is 1.27 bits per heavy atom. The molecule has 0 aromatic carbocycles. The van der Waals surface area contributed by atoms with Crippen LogP contribution < -0.4 is 0 Å². The van der Waals surface area contributed by atoms with Gasteiger partial charge < -0.3 is 5.11 Å². The standard InChI is InChI=1S/C3H3N3.C3H4O2/c1-4-2-6-3-5-1;1-2-3(4)5/h1-3H;2H,1H2,(H,4,5). The van der Waals surface area contributed by atoms with Crippen LogP contribution in [0, 0.1) is 0 Å². The summed E-state index contributed by atoms with van der Waals surface area (Å²) in [5, 5.41) is 7.60. The van der Waals surface area contributed by atoms with Gasteiger partial charge in [0.05, 0.1) is 0 Å². The third-order valence-corrected chi connectivity index (χ3v) is 0.575. The first-order valence-electron chi connectivity index (χ1n) is 2.67. The monoisotopic (exact) mass is 153 g/mol. The molecule has 0 atom stereocenters. The minimum Gasteiger partial charge on any atom is -0.478 e. The van der Waals surface area contributed by atoms with Crippen LogP contribution in [0.5, 0.6) is 0 Å². The van der Waals surface area contributed by atoms with Crippen molar-refractivity contribution < 1.29 is 9.90 Å². The summed E-state index contributed by atoms with van der Waals surface area (Å²) in [6.07, 6.45) is 5.15. The molecule has 0 saturated carbocycles. The van der Waals surface area contributed by atoms with Crippen LogP contribution in [-0.4, -0.2) is 26.0 Å². The third-order valence-electron chi connectivity index (χ3n) is 0.575. The van der Waals surface area contributed by atoms with Crippen LogP contribution in [0.1, 0.15) is 0 Å². The summed E-state index contributed by atoms with van der Waals surface area (Å²) in [6, 6.07) is 0. The van der Waals surface area contributed by atoms with Gasteiger partial charge in [-0.1, -0.05) is 6.58 Å². The highest BCUT2D eigenvalue weighted by molar-refractivity contribution is 5.78. The second-order valence-electron chi connectivity index (χ2n) is 1.34. The number of hydrogen-bond acceptors (Lipinski definition) is 4. The van der Waals surface area contributed by atoms with Crippen LogP contribution in [0.15, 0.2) is 31.6 Å². The summed E-state index contributed by atoms with van der Waals surface area (Å²) in [4.78, 5) is 19.9. The van der Waals surface area contributed by atoms with E-state index in [0.29, 0.717) is 0 Å². The smallest absolute Gasteiger partial charge is 0.327 e. The maximum absolute atomic E-state index is 9.25. The molecule has 1 N–H and O–H groups in total. The molecule has 0 unspecified atom stereocenters. The van der Waals surface area contributed by atoms with Gasteiger partial charge >= 0.3 is 5.97 Å². The van der Waals surface area contributed by atoms with Crippen molar-refractivity contribution in [1.29, 1.82) is 0 Å². The molecule has 1 heterocycles. The third kappa shape index (κ3) is 8.22. The van der Waals surface area contributed by atoms with Crippen LogP contribution in [0.4, 0.5) is 0 Å². The summed E-state index contributed by atoms with van der Waals surface area (Å²) >= 11 is 0. The minimum absolute atomic E-state index is 0.833. The lowest BCUT2D eigenvalue weighted by Gasteiger charge is -1.69. The highest BCUT2D eigenvalue weighted by Crippen LogP contribution is 1.57. The Morgan fingerprint density at radius 2 is 1.55 bits per heavy atom. The fourth-order valence-corrected chi connectivity index (χ4v) is 0.205. The Kier molecular flexibility index (Phi) is 5.32. The zero-order valence-corrected chi connectivity index (χ0v) is 5.71. The van der Waals surface area contributed by atoms with Gasteiger partial charge in [-0.2, -0.15) is 0 Å². The van der Waals surface area contributed by atoms with Gasteiger partial charge in [-0.3, -0.25) is 0 Å². The van der Waals surface area contributed by atoms with E-state index in [2.05, 4.69) is 21.5 Å². The molecule has 0 spiro atoms. The van der Waals surface area contributed by atoms with E-state index in [0.717, 1.165) is 6.08 Å². The molecule has 5 heteroatoms. The lowest BCUT2D eigenvalue weighted by Crippen LogP contribution is -1.82. The maximum Gasteiger partial charge on any atom is 0.327 e. The number of hydrogen-bond donors (Lipinski definition) is 1. The molecule has 58 valence electrons. The van der Waals surface area contributed by atoms with E-state index < -0.39 is 5.97 Å². The molecule has 1 rings (SSSR count). The van der Waals surface area contributed by atoms with Crippen LogP contribution in [0.2, 0.25) is 0 Å². The van der Waals surface area contributed by atoms with E-state index in [-0.39, 0.29) is 0 Å². The number of carboxylic acid groups (broad SMARTS) is 1. The highest BCUT2D eigenvalue weighted by atomic mass is 16.4. The van der Waals surface area contributed by atoms with Crippen molar-refractivity contribution in [3.8, 4) is 0 Å². The molecule has 1 aromatic heterocycles. The first-order chi connectivity index (χ1) is 5.27. The minimum atomic E-state index is -0.981. The number of aromatic nitrogens is 3. The molecule has 0 aliphatic rings. The van der Waals surface area contributed by atoms with Crippen LogP contribution in [0.25, 0.3) is 0 Å². The highest BCUT2D eigenvalue weighted by Gasteiger charge is 1.73. The van der Waals surface area contributed by atoms with E-state index in [1.807, 2.05) is 0 Å². The Morgan fingerprint density at radius 3 is 1.64 bits per heavy atom. The number of aliphatic carboxylic acids is 1. The van der Waals surface area contributed by atoms with Crippen LogP contribution >= 0.6 is 0 Å². The quantitative estimate of drug-likeness (QED) is 0.580. The summed E-state index contributed by atoms with van der Waals surface area (Å²) in [5.74, 6) is -0.981. The molecule has 11 heavy (non-hydrogen) atoms. The largest absolute Gasteiger partial charge is 0.478 e. The molecular formula is C6H7N3O2. The number of carbonyl (C=O) groups is 1. The Bertz CT molecular complexity index is 186. The number of nitrogens with zero attached hydrogens (tertiary/aromatic N) is 3. The van der Waals surface area contributed by atoms with Crippen molar-refractivity contribution >= 4 is 5.97 Å². The second kappa shape index (κ2) is 6.34. The molecule has 5 nitrogen and oxygen atoms in total. The first kappa shape index (κ1) is 9.22. The predicted octanol–water partition coefficient (Wildman–Crippen LogP) is 0.129. The average molecular weight is 153 g/mol. The van der Waals surface area contributed by atoms with E-state index in [9.17, 15) is 4.79 Å². The molecule has 1 aromatic rings. The first-order valence-corrected chi connectivity index (χ1v) is 2.67. The van der Waals surface area contributed by atoms with Gasteiger partial charge in [-0.25, -0.2) is 19.7 Å². The summed E-state index contributed by atoms with van der Waals surface area (Å²) < 4.78 is 0. The van der Waals surface area contributed by atoms with Crippen molar-refractivity contribution in [2.75, 3.05) is 0 Å². The van der Waals surface area contributed by atoms with Gasteiger partial charge in [0.1, 0.15) is 19.0 Å². The Labute approximate surface area is 63.5 Å². The Balaban J connectivity index is 0.000000187. The SMILES string of the molecule is C=CC(=O)O.c1ncncn1. The molecule has 0 amide bonds. The van der Waals surface area contributed by atoms with Gasteiger partial charge in [0.2, 0.25) is 0 Å². The zero-order valence-electron chi connectivity index (χ0n) is 5.71. The van der Waals surface area contributed by atoms with Gasteiger partial charge in [0, 0.05) is 6.08 Å². The van der Waals surface area contributed by atoms with Crippen LogP contribution in [-0.2, 0) is 4.79 Å². The lowest BCUT2D eigenvalue weighted by molar-refractivity contribution is -0.131. The van der Waals surface area contributed by atoms with E-state index in [1.165, 1.54) is 19.0 Å². The zero-order chi connectivity index (χ0) is 8.53. The fourth-order valence-electron chi connectivity index (χ4n) is 0.205. The fraction of sp³-hybridized carbons (Fsp3) is 0. The van der Waals surface area contributed by atoms with Crippen molar-refractivity contribution in [1.82, 2.24) is 15.0 Å². The molecule has 0 aliphatic heterocycles. The van der Waals surface area contributed by atoms with Crippen LogP contribution in [0.3, 0.4) is 0 Å². The maximum atomic E-state index is 9.25. The predicted molar refractivity (Wildman–Crippen MR) is 37.7 cm³/mol. The molecule has 0 aliphatic carbocycles. The second-order valence-corrected chi connectivity index (χ2v) is 1.34. The van der Waals surface area contributed by atoms with Crippen molar-refractivity contribution in [3.05, 3.63) is 31.6 Å². The summed E-state index contributed by atoms with van der Waals surface area (Å²) in [7, 11) is 0. The molecular weight excluding hydrogens is 146 g/mol. The molecule has 0 radical (unpaired) electrons. The van der Waals surface area contributed by atoms with Crippen molar-refractivity contribution in [3.63, 3.8) is 0 Å². The topological polar surface area (TPSA) is 76.0 Å². The van der Waals surface area contributed by atoms with Crippen molar-refractivity contribution in [2.45, 2.75) is 0 Å². The normalized spacial score (nSPS) is 7.27. The number of rotatable bonds is 1. The van der Waals surface area contributed by atoms with Gasteiger partial charge in [-0.05, 0) is 0 Å². The Hall–Kier alpha value is -1.78. The summed E-state index contributed by atoms with van der Waals surface area (Å²) in [6.45, 7) is 2.96. The van der Waals surface area contributed by atoms with Crippen molar-refractivity contribution in [2.24, 2.45) is 0 Å². The van der Waals surface area contributed by atoms with E-state index in [4.69, 9.17) is 5.11 Å². The summed E-state index contributed by atoms with van der Waals surface area (Å²) in [5.41, 5.74) is 0. The molecule has 0 fully saturated rings. The average Bonchev–Trinajstić information content (AvgIpc) is 2.09. The lowest BCUT2D eigenvalue weighted by atomic mass is 10.7. The van der Waals surface area contributed by atoms with E-state index >= 15 is 0 Å².